The predicted octanol–water partition coefficient (Wildman–Crippen LogP) is 1.43. The Morgan fingerprint density at radius 1 is 0.680 bits per heavy atom. The number of nitrogens with two attached hydrogens (primary N) is 2. The zero-order valence-corrected chi connectivity index (χ0v) is 70.4. The number of ether oxygens (including phenoxy) is 8. The first-order chi connectivity index (χ1) is 60.8. The molecule has 1 aromatic heterocycles. The maximum absolute atomic E-state index is 16.4. The lowest BCUT2D eigenvalue weighted by atomic mass is 9.86. The van der Waals surface area contributed by atoms with E-state index in [1.165, 1.54) is 45.2 Å². The van der Waals surface area contributed by atoms with Crippen molar-refractivity contribution in [2.24, 2.45) is 17.4 Å². The number of aliphatic hydroxyl groups excluding tert-OH is 8. The summed E-state index contributed by atoms with van der Waals surface area (Å²) in [4.78, 5) is 125. The molecule has 3 fully saturated rings. The lowest BCUT2D eigenvalue weighted by molar-refractivity contribution is -0.350. The topological polar surface area (TPSA) is 614 Å². The molecule has 0 spiro atoms. The van der Waals surface area contributed by atoms with Crippen molar-refractivity contribution in [2.75, 3.05) is 20.2 Å². The van der Waals surface area contributed by atoms with Crippen LogP contribution in [0, 0.1) is 11.7 Å². The molecule has 7 amide bonds. The Kier molecular flexibility index (Phi) is 29.2. The Balaban J connectivity index is 0.948. The van der Waals surface area contributed by atoms with Gasteiger partial charge in [0.2, 0.25) is 53.4 Å². The maximum Gasteiger partial charge on any atom is 0.330 e. The van der Waals surface area contributed by atoms with Gasteiger partial charge in [-0.1, -0.05) is 79.5 Å². The van der Waals surface area contributed by atoms with Crippen molar-refractivity contribution in [1.82, 2.24) is 47.5 Å². The fraction of sp³-hybridized carbons (Fsp3) is 0.407. The first kappa shape index (κ1) is 94.3. The van der Waals surface area contributed by atoms with E-state index < -0.39 is 290 Å². The molecular weight excluding hydrogens is 1720 g/mol. The van der Waals surface area contributed by atoms with Gasteiger partial charge in [0.15, 0.2) is 30.1 Å². The highest BCUT2D eigenvalue weighted by Crippen LogP contribution is 2.50. The molecule has 42 heteroatoms. The van der Waals surface area contributed by atoms with Crippen LogP contribution in [0.4, 0.5) is 4.39 Å². The van der Waals surface area contributed by atoms with Crippen LogP contribution < -0.4 is 68.2 Å². The second kappa shape index (κ2) is 39.7. The number of carboxylic acids is 1. The number of primary amides is 1. The first-order valence-corrected chi connectivity index (χ1v) is 41.2. The molecule has 7 aromatic rings. The van der Waals surface area contributed by atoms with Crippen LogP contribution >= 0.6 is 23.2 Å². The van der Waals surface area contributed by atoms with Crippen LogP contribution in [0.2, 0.25) is 10.0 Å². The molecule has 24 N–H and O–H groups in total. The molecule has 0 radical (unpaired) electrons. The number of amides is 7. The van der Waals surface area contributed by atoms with E-state index in [4.69, 9.17) is 72.6 Å². The van der Waals surface area contributed by atoms with Gasteiger partial charge < -0.3 is 153 Å². The van der Waals surface area contributed by atoms with Crippen molar-refractivity contribution in [2.45, 2.75) is 193 Å². The zero-order valence-electron chi connectivity index (χ0n) is 68.9. The van der Waals surface area contributed by atoms with Crippen LogP contribution in [-0.2, 0) is 68.6 Å². The molecule has 11 bridgehead atoms. The minimum Gasteiger partial charge on any atom is -0.508 e. The van der Waals surface area contributed by atoms with E-state index in [0.29, 0.717) is 11.3 Å². The Labute approximate surface area is 738 Å². The van der Waals surface area contributed by atoms with Crippen molar-refractivity contribution in [1.29, 1.82) is 0 Å². The van der Waals surface area contributed by atoms with Crippen LogP contribution in [0.15, 0.2) is 121 Å². The Morgan fingerprint density at radius 3 is 1.95 bits per heavy atom. The van der Waals surface area contributed by atoms with E-state index in [0.717, 1.165) is 72.3 Å². The summed E-state index contributed by atoms with van der Waals surface area (Å²) in [6.07, 6.45) is -24.4. The zero-order chi connectivity index (χ0) is 92.3. The number of phenolic OH excluding ortho intramolecular Hbond substituents is 3. The van der Waals surface area contributed by atoms with Gasteiger partial charge in [0, 0.05) is 54.0 Å². The van der Waals surface area contributed by atoms with Crippen LogP contribution in [-0.4, -0.2) is 243 Å². The van der Waals surface area contributed by atoms with Gasteiger partial charge in [-0.15, -0.1) is 0 Å². The largest absolute Gasteiger partial charge is 0.508 e. The second-order valence-electron chi connectivity index (χ2n) is 32.4. The first-order valence-electron chi connectivity index (χ1n) is 40.5. The number of hydrogen-bond acceptors (Lipinski definition) is 31. The minimum absolute atomic E-state index is 0.120. The Hall–Kier alpha value is -11.4. The molecule has 15 rings (SSSR count). The highest BCUT2D eigenvalue weighted by atomic mass is 35.5. The SMILES string of the molecule is CN[C@H](CC(C)C)C(=O)NC1C(=O)N[C@@H](CC(N)=O)C(=O)N[C@H]2C(=O)N[C@H]3C(=O)N[C@H](C(=O)N[C@@H](C(=O)O)c4cc(O)cc(O)c4-c4cc3ccc4O)[C@H](O[C@H]3C[C@](C)(N)[C@@H](O)[C@H](C)O3)c3ccc(c(Cl)c3)Oc3cc2cc(c3O[C@@H]2O[C@H](CO)[C@@H](O[C@@H]3O[C@H](CNCc4ccc(/C=C/c5ccc(F)cc5)nc4)[C@H](O)[C@H](O)[C@H]3O)[C@H](O)[C@H]2O)Oc2ccc(cc2Cl)[C@H]1O. The normalized spacial score (nSPS) is 29.4. The third kappa shape index (κ3) is 21.0. The number of rotatable bonds is 21. The summed E-state index contributed by atoms with van der Waals surface area (Å²) >= 11 is 14.5. The standard InChI is InChI=1S/C86H96Cl2FN11O28/c1-34(2)20-49(92-5)77(113)99-65-67(106)39-11-18-53(47(87)22-39)122-55-24-41-25-56(74(55)127-85-72(111)70(109)75(58(33-101)125-85)128-84-71(110)69(108)68(107)57(124-84)32-93-30-37-9-16-43(94-31-37)15-8-36-6-13-42(89)14-7-36)123-54-19-12-40(23-48(54)88)73(126-60-29-86(4,91)76(112)35(3)121-60)66-82(118)98-64(83(119)120)46-26-44(102)27-52(104)61(46)45-21-38(10-17-51(45)103)62(79(115)100-66)97-80(116)63(41)96-78(114)50(28-59(90)105)95-81(65)117/h6-19,21-27,31,34-35,49-50,57-58,60,62-73,75-76,84-85,92-93,101-104,106-112H,20,28-30,32-33,91H2,1-5H3,(H2,90,105)(H,95,117)(H,96,114)(H,97,116)(H,98,118)(H,99,113)(H,100,115)(H,119,120)/b15-8+/t35-,49+,50-,57+,58+,60-,62+,63+,64+,65?,66-,67+,68-,69-,70+,71+,72+,73+,75+,76-,84-,85-,86-/m0/s1. The number of carboxylic acid groups (broad SMARTS) is 1. The molecule has 684 valence electrons. The number of aliphatic hydroxyl groups is 8. The lowest BCUT2D eigenvalue weighted by Gasteiger charge is -2.46. The molecule has 0 aliphatic carbocycles. The van der Waals surface area contributed by atoms with Gasteiger partial charge in [0.05, 0.1) is 47.0 Å². The minimum atomic E-state index is -2.43. The second-order valence-corrected chi connectivity index (χ2v) is 33.3. The van der Waals surface area contributed by atoms with Crippen molar-refractivity contribution >= 4 is 82.7 Å². The summed E-state index contributed by atoms with van der Waals surface area (Å²) in [7, 11) is 1.46. The summed E-state index contributed by atoms with van der Waals surface area (Å²) in [6, 6.07) is 8.16. The lowest BCUT2D eigenvalue weighted by Crippen LogP contribution is -2.65. The van der Waals surface area contributed by atoms with Crippen LogP contribution in [0.5, 0.6) is 46.0 Å². The van der Waals surface area contributed by atoms with Crippen molar-refractivity contribution in [3.8, 4) is 57.1 Å². The molecule has 6 aromatic carbocycles. The molecule has 128 heavy (non-hydrogen) atoms. The van der Waals surface area contributed by atoms with Crippen molar-refractivity contribution in [3.63, 3.8) is 0 Å². The molecule has 23 atom stereocenters. The fourth-order valence-electron chi connectivity index (χ4n) is 15.8. The van der Waals surface area contributed by atoms with Gasteiger partial charge in [0.1, 0.15) is 126 Å². The van der Waals surface area contributed by atoms with Crippen LogP contribution in [0.1, 0.15) is 122 Å². The third-order valence-corrected chi connectivity index (χ3v) is 23.1. The number of nitrogens with one attached hydrogen (secondary N) is 8. The number of hydrogen-bond donors (Lipinski definition) is 22. The number of pyridine rings is 1. The summed E-state index contributed by atoms with van der Waals surface area (Å²) in [5.41, 5.74) is 9.89. The molecule has 0 saturated carbocycles. The average molecular weight is 1820 g/mol. The quantitative estimate of drug-likeness (QED) is 0.0484. The highest BCUT2D eigenvalue weighted by Gasteiger charge is 2.53. The summed E-state index contributed by atoms with van der Waals surface area (Å²) in [5.74, 6) is -17.2. The molecule has 8 aliphatic heterocycles. The van der Waals surface area contributed by atoms with Crippen molar-refractivity contribution < 1.29 is 142 Å². The number of likely N-dealkylation sites (N-methyl/N-ethyl adjacent to an activating group) is 1. The summed E-state index contributed by atoms with van der Waals surface area (Å²) in [5, 5.41) is 159. The Morgan fingerprint density at radius 2 is 1.32 bits per heavy atom. The molecule has 9 heterocycles. The molecule has 39 nitrogen and oxygen atoms in total. The average Bonchev–Trinajstić information content (AvgIpc) is 0.846. The molecular formula is C86H96Cl2FN11O28. The van der Waals surface area contributed by atoms with Crippen molar-refractivity contribution in [3.05, 3.63) is 182 Å². The highest BCUT2D eigenvalue weighted by molar-refractivity contribution is 6.32. The smallest absolute Gasteiger partial charge is 0.330 e. The third-order valence-electron chi connectivity index (χ3n) is 22.5. The monoisotopic (exact) mass is 1820 g/mol. The van der Waals surface area contributed by atoms with E-state index in [-0.39, 0.29) is 43.0 Å². The number of benzene rings is 6. The Bertz CT molecular complexity index is 5350. The van der Waals surface area contributed by atoms with Gasteiger partial charge >= 0.3 is 5.97 Å². The number of aliphatic carboxylic acids is 1. The number of carbonyl (C=O) groups excluding carboxylic acids is 7. The number of fused-ring (bicyclic) bond motifs is 15. The van der Waals surface area contributed by atoms with Gasteiger partial charge in [-0.05, 0) is 145 Å². The van der Waals surface area contributed by atoms with E-state index in [1.807, 2.05) is 0 Å². The van der Waals surface area contributed by atoms with Gasteiger partial charge in [-0.25, -0.2) is 9.18 Å². The number of aromatic nitrogens is 1. The van der Waals surface area contributed by atoms with Crippen LogP contribution in [0.3, 0.4) is 0 Å². The number of carbonyl (C=O) groups is 8. The van der Waals surface area contributed by atoms with E-state index >= 15 is 24.0 Å². The number of nitrogens with zero attached hydrogens (tertiary/aromatic N) is 1. The molecule has 1 unspecified atom stereocenters. The van der Waals surface area contributed by atoms with Gasteiger partial charge in [-0.2, -0.15) is 0 Å². The summed E-state index contributed by atoms with van der Waals surface area (Å²) in [6.45, 7) is 5.29. The summed E-state index contributed by atoms with van der Waals surface area (Å²) < 4.78 is 64.7. The van der Waals surface area contributed by atoms with Gasteiger partial charge in [-0.3, -0.25) is 38.5 Å². The number of aromatic hydroxyl groups is 3. The van der Waals surface area contributed by atoms with E-state index in [2.05, 4.69) is 47.5 Å². The van der Waals surface area contributed by atoms with Gasteiger partial charge in [0.25, 0.3) is 0 Å². The van der Waals surface area contributed by atoms with E-state index in [9.17, 15) is 80.1 Å². The maximum atomic E-state index is 16.4. The van der Waals surface area contributed by atoms with E-state index in [1.54, 1.807) is 56.5 Å². The molecule has 3 saturated heterocycles. The predicted molar refractivity (Wildman–Crippen MR) is 446 cm³/mol. The number of halogens is 3. The fourth-order valence-corrected chi connectivity index (χ4v) is 16.2. The molecule has 8 aliphatic rings. The van der Waals surface area contributed by atoms with Crippen LogP contribution in [0.25, 0.3) is 23.3 Å². The number of phenols is 3.